The van der Waals surface area contributed by atoms with Gasteiger partial charge in [0.05, 0.1) is 7.11 Å². The van der Waals surface area contributed by atoms with Crippen LogP contribution >= 0.6 is 0 Å². The van der Waals surface area contributed by atoms with E-state index in [4.69, 9.17) is 4.74 Å². The molecule has 0 spiro atoms. The van der Waals surface area contributed by atoms with Crippen LogP contribution in [0.4, 0.5) is 5.82 Å². The number of hydrogen-bond donors (Lipinski definition) is 1. The van der Waals surface area contributed by atoms with Crippen molar-refractivity contribution in [3.8, 4) is 5.75 Å². The van der Waals surface area contributed by atoms with Gasteiger partial charge in [0.25, 0.3) is 0 Å². The molecule has 0 aliphatic rings. The number of rotatable bonds is 5. The molecule has 2 aromatic rings. The van der Waals surface area contributed by atoms with Crippen molar-refractivity contribution in [2.75, 3.05) is 19.0 Å². The van der Waals surface area contributed by atoms with Crippen LogP contribution in [-0.2, 0) is 7.05 Å². The number of para-hydroxylation sites is 1. The molecule has 0 radical (unpaired) electrons. The van der Waals surface area contributed by atoms with Crippen molar-refractivity contribution in [1.82, 2.24) is 9.78 Å². The quantitative estimate of drug-likeness (QED) is 0.877. The van der Waals surface area contributed by atoms with Gasteiger partial charge in [0.1, 0.15) is 11.6 Å². The summed E-state index contributed by atoms with van der Waals surface area (Å²) in [6.45, 7) is 0.731. The molecule has 0 atom stereocenters. The van der Waals surface area contributed by atoms with E-state index < -0.39 is 0 Å². The molecular weight excluding hydrogens is 226 g/mol. The van der Waals surface area contributed by atoms with Gasteiger partial charge in [-0.3, -0.25) is 4.68 Å². The second kappa shape index (κ2) is 5.91. The Hall–Kier alpha value is -2.23. The third kappa shape index (κ3) is 3.13. The van der Waals surface area contributed by atoms with Crippen molar-refractivity contribution in [1.29, 1.82) is 0 Å². The second-order valence-corrected chi connectivity index (χ2v) is 3.90. The summed E-state index contributed by atoms with van der Waals surface area (Å²) < 4.78 is 7.05. The van der Waals surface area contributed by atoms with Crippen LogP contribution in [-0.4, -0.2) is 23.4 Å². The number of benzene rings is 1. The maximum absolute atomic E-state index is 5.28. The van der Waals surface area contributed by atoms with E-state index in [2.05, 4.69) is 10.4 Å². The van der Waals surface area contributed by atoms with E-state index in [0.29, 0.717) is 0 Å². The lowest BCUT2D eigenvalue weighted by Crippen LogP contribution is -1.99. The number of methoxy groups -OCH3 is 1. The predicted molar refractivity (Wildman–Crippen MR) is 73.7 cm³/mol. The molecule has 0 unspecified atom stereocenters. The lowest BCUT2D eigenvalue weighted by atomic mass is 10.2. The predicted octanol–water partition coefficient (Wildman–Crippen LogP) is 2.55. The Kier molecular flexibility index (Phi) is 4.02. The van der Waals surface area contributed by atoms with Gasteiger partial charge >= 0.3 is 0 Å². The minimum Gasteiger partial charge on any atom is -0.496 e. The first-order chi connectivity index (χ1) is 8.79. The maximum atomic E-state index is 5.28. The van der Waals surface area contributed by atoms with Crippen LogP contribution in [0.5, 0.6) is 5.75 Å². The first kappa shape index (κ1) is 12.2. The average Bonchev–Trinajstić information content (AvgIpc) is 2.81. The van der Waals surface area contributed by atoms with Crippen molar-refractivity contribution < 1.29 is 4.74 Å². The zero-order chi connectivity index (χ0) is 12.8. The van der Waals surface area contributed by atoms with Gasteiger partial charge in [-0.15, -0.1) is 0 Å². The van der Waals surface area contributed by atoms with Crippen LogP contribution in [0.1, 0.15) is 5.56 Å². The topological polar surface area (TPSA) is 39.1 Å². The third-order valence-corrected chi connectivity index (χ3v) is 2.55. The molecule has 4 heteroatoms. The molecule has 0 amide bonds. The van der Waals surface area contributed by atoms with Crippen molar-refractivity contribution in [3.63, 3.8) is 0 Å². The van der Waals surface area contributed by atoms with Gasteiger partial charge in [-0.2, -0.15) is 5.10 Å². The van der Waals surface area contributed by atoms with Crippen LogP contribution in [0.3, 0.4) is 0 Å². The zero-order valence-corrected chi connectivity index (χ0v) is 10.6. The molecule has 1 heterocycles. The van der Waals surface area contributed by atoms with Gasteiger partial charge in [-0.1, -0.05) is 30.4 Å². The van der Waals surface area contributed by atoms with Gasteiger partial charge < -0.3 is 10.1 Å². The standard InChI is InChI=1S/C14H17N3O/c1-17-11-9-14(16-17)15-10-5-7-12-6-3-4-8-13(12)18-2/h3-9,11H,10H2,1-2H3,(H,15,16). The summed E-state index contributed by atoms with van der Waals surface area (Å²) in [7, 11) is 3.58. The maximum Gasteiger partial charge on any atom is 0.148 e. The molecule has 1 N–H and O–H groups in total. The smallest absolute Gasteiger partial charge is 0.148 e. The summed E-state index contributed by atoms with van der Waals surface area (Å²) in [6.07, 6.45) is 5.99. The second-order valence-electron chi connectivity index (χ2n) is 3.90. The summed E-state index contributed by atoms with van der Waals surface area (Å²) in [4.78, 5) is 0. The van der Waals surface area contributed by atoms with E-state index >= 15 is 0 Å². The summed E-state index contributed by atoms with van der Waals surface area (Å²) in [5.41, 5.74) is 1.07. The van der Waals surface area contributed by atoms with E-state index in [-0.39, 0.29) is 0 Å². The minimum absolute atomic E-state index is 0.731. The van der Waals surface area contributed by atoms with Crippen LogP contribution in [0.2, 0.25) is 0 Å². The fourth-order valence-electron chi connectivity index (χ4n) is 1.66. The highest BCUT2D eigenvalue weighted by Crippen LogP contribution is 2.18. The Morgan fingerprint density at radius 3 is 2.89 bits per heavy atom. The number of nitrogens with one attached hydrogen (secondary N) is 1. The minimum atomic E-state index is 0.731. The Labute approximate surface area is 107 Å². The van der Waals surface area contributed by atoms with Crippen LogP contribution in [0.15, 0.2) is 42.6 Å². The monoisotopic (exact) mass is 243 g/mol. The molecular formula is C14H17N3O. The largest absolute Gasteiger partial charge is 0.496 e. The normalized spacial score (nSPS) is 10.8. The number of aryl methyl sites for hydroxylation is 1. The summed E-state index contributed by atoms with van der Waals surface area (Å²) in [6, 6.07) is 9.87. The SMILES string of the molecule is COc1ccccc1C=CCNc1ccn(C)n1. The number of ether oxygens (including phenoxy) is 1. The number of anilines is 1. The van der Waals surface area contributed by atoms with E-state index in [1.807, 2.05) is 55.7 Å². The first-order valence-electron chi connectivity index (χ1n) is 5.82. The summed E-state index contributed by atoms with van der Waals surface area (Å²) in [5.74, 6) is 1.76. The number of hydrogen-bond acceptors (Lipinski definition) is 3. The van der Waals surface area contributed by atoms with Crippen LogP contribution in [0, 0.1) is 0 Å². The number of nitrogens with zero attached hydrogens (tertiary/aromatic N) is 2. The molecule has 0 bridgehead atoms. The van der Waals surface area contributed by atoms with E-state index in [9.17, 15) is 0 Å². The summed E-state index contributed by atoms with van der Waals surface area (Å²) in [5, 5.41) is 7.45. The molecule has 4 nitrogen and oxygen atoms in total. The zero-order valence-electron chi connectivity index (χ0n) is 10.6. The number of aromatic nitrogens is 2. The Morgan fingerprint density at radius 2 is 2.17 bits per heavy atom. The van der Waals surface area contributed by atoms with Crippen LogP contribution in [0.25, 0.3) is 6.08 Å². The summed E-state index contributed by atoms with van der Waals surface area (Å²) >= 11 is 0. The van der Waals surface area contributed by atoms with E-state index in [0.717, 1.165) is 23.7 Å². The van der Waals surface area contributed by atoms with Crippen molar-refractivity contribution in [2.24, 2.45) is 7.05 Å². The van der Waals surface area contributed by atoms with Gasteiger partial charge in [0, 0.05) is 31.4 Å². The van der Waals surface area contributed by atoms with Crippen LogP contribution < -0.4 is 10.1 Å². The third-order valence-electron chi connectivity index (χ3n) is 2.55. The first-order valence-corrected chi connectivity index (χ1v) is 5.82. The van der Waals surface area contributed by atoms with Gasteiger partial charge in [0.15, 0.2) is 0 Å². The average molecular weight is 243 g/mol. The van der Waals surface area contributed by atoms with Gasteiger partial charge in [0.2, 0.25) is 0 Å². The van der Waals surface area contributed by atoms with Gasteiger partial charge in [-0.25, -0.2) is 0 Å². The van der Waals surface area contributed by atoms with E-state index in [1.165, 1.54) is 0 Å². The Morgan fingerprint density at radius 1 is 1.33 bits per heavy atom. The van der Waals surface area contributed by atoms with Crippen molar-refractivity contribution in [3.05, 3.63) is 48.2 Å². The highest BCUT2D eigenvalue weighted by atomic mass is 16.5. The van der Waals surface area contributed by atoms with Gasteiger partial charge in [-0.05, 0) is 6.07 Å². The molecule has 0 fully saturated rings. The fourth-order valence-corrected chi connectivity index (χ4v) is 1.66. The Balaban J connectivity index is 1.91. The molecule has 0 aliphatic carbocycles. The molecule has 0 aliphatic heterocycles. The van der Waals surface area contributed by atoms with Crippen molar-refractivity contribution in [2.45, 2.75) is 0 Å². The molecule has 1 aromatic heterocycles. The molecule has 18 heavy (non-hydrogen) atoms. The van der Waals surface area contributed by atoms with E-state index in [1.54, 1.807) is 11.8 Å². The highest BCUT2D eigenvalue weighted by molar-refractivity contribution is 5.57. The van der Waals surface area contributed by atoms with Crippen molar-refractivity contribution >= 4 is 11.9 Å². The molecule has 1 aromatic carbocycles. The molecule has 0 saturated heterocycles. The Bertz CT molecular complexity index is 531. The molecule has 0 saturated carbocycles. The highest BCUT2D eigenvalue weighted by Gasteiger charge is 1.96. The molecule has 94 valence electrons. The fraction of sp³-hybridized carbons (Fsp3) is 0.214. The lowest BCUT2D eigenvalue weighted by molar-refractivity contribution is 0.414. The lowest BCUT2D eigenvalue weighted by Gasteiger charge is -2.03. The molecule has 2 rings (SSSR count).